The van der Waals surface area contributed by atoms with Gasteiger partial charge in [0, 0.05) is 12.0 Å². The van der Waals surface area contributed by atoms with Crippen LogP contribution in [-0.2, 0) is 11.2 Å². The Morgan fingerprint density at radius 3 is 2.42 bits per heavy atom. The number of ether oxygens (including phenoxy) is 2. The first-order valence-corrected chi connectivity index (χ1v) is 5.79. The Bertz CT molecular complexity index is 538. The summed E-state index contributed by atoms with van der Waals surface area (Å²) >= 11 is 0. The highest BCUT2D eigenvalue weighted by Crippen LogP contribution is 2.35. The fraction of sp³-hybridized carbons (Fsp3) is 0.385. The SMILES string of the molecule is COc1cc2c(cc1OC)/C(=N\O)CC(C(=O)O)C2. The van der Waals surface area contributed by atoms with E-state index in [9.17, 15) is 4.79 Å². The molecule has 0 bridgehead atoms. The Morgan fingerprint density at radius 1 is 1.26 bits per heavy atom. The van der Waals surface area contributed by atoms with Crippen molar-refractivity contribution in [2.24, 2.45) is 11.1 Å². The molecule has 102 valence electrons. The van der Waals surface area contributed by atoms with Crippen molar-refractivity contribution in [3.63, 3.8) is 0 Å². The molecule has 6 nitrogen and oxygen atoms in total. The van der Waals surface area contributed by atoms with Gasteiger partial charge in [-0.3, -0.25) is 4.79 Å². The lowest BCUT2D eigenvalue weighted by molar-refractivity contribution is -0.141. The molecule has 2 N–H and O–H groups in total. The molecular weight excluding hydrogens is 250 g/mol. The predicted octanol–water partition coefficient (Wildman–Crippen LogP) is 1.53. The quantitative estimate of drug-likeness (QED) is 0.639. The number of benzene rings is 1. The molecule has 0 fully saturated rings. The van der Waals surface area contributed by atoms with Crippen molar-refractivity contribution in [1.29, 1.82) is 0 Å². The number of carbonyl (C=O) groups is 1. The lowest BCUT2D eigenvalue weighted by Crippen LogP contribution is -2.27. The number of carboxylic acid groups (broad SMARTS) is 1. The number of hydrogen-bond donors (Lipinski definition) is 2. The van der Waals surface area contributed by atoms with E-state index in [1.165, 1.54) is 14.2 Å². The molecule has 1 aromatic rings. The van der Waals surface area contributed by atoms with Gasteiger partial charge in [-0.1, -0.05) is 5.16 Å². The van der Waals surface area contributed by atoms with Crippen LogP contribution in [0.25, 0.3) is 0 Å². The summed E-state index contributed by atoms with van der Waals surface area (Å²) in [5, 5.41) is 21.4. The molecule has 0 heterocycles. The second-order valence-electron chi connectivity index (χ2n) is 4.35. The van der Waals surface area contributed by atoms with Crippen LogP contribution < -0.4 is 9.47 Å². The molecule has 1 atom stereocenters. The lowest BCUT2D eigenvalue weighted by atomic mass is 9.82. The van der Waals surface area contributed by atoms with Gasteiger partial charge in [0.1, 0.15) is 0 Å². The van der Waals surface area contributed by atoms with Crippen LogP contribution in [0, 0.1) is 5.92 Å². The monoisotopic (exact) mass is 265 g/mol. The number of methoxy groups -OCH3 is 2. The molecule has 6 heteroatoms. The fourth-order valence-electron chi connectivity index (χ4n) is 2.31. The maximum absolute atomic E-state index is 11.1. The molecule has 0 radical (unpaired) electrons. The van der Waals surface area contributed by atoms with E-state index in [0.717, 1.165) is 5.56 Å². The minimum Gasteiger partial charge on any atom is -0.493 e. The summed E-state index contributed by atoms with van der Waals surface area (Å²) in [5.41, 5.74) is 1.84. The Balaban J connectivity index is 2.53. The molecule has 0 saturated heterocycles. The summed E-state index contributed by atoms with van der Waals surface area (Å²) in [6.45, 7) is 0. The summed E-state index contributed by atoms with van der Waals surface area (Å²) < 4.78 is 10.4. The van der Waals surface area contributed by atoms with Crippen molar-refractivity contribution >= 4 is 11.7 Å². The van der Waals surface area contributed by atoms with Crippen LogP contribution in [-0.4, -0.2) is 36.2 Å². The van der Waals surface area contributed by atoms with Crippen molar-refractivity contribution in [3.05, 3.63) is 23.3 Å². The zero-order valence-electron chi connectivity index (χ0n) is 10.7. The van der Waals surface area contributed by atoms with Crippen molar-refractivity contribution in [2.45, 2.75) is 12.8 Å². The van der Waals surface area contributed by atoms with Gasteiger partial charge in [-0.15, -0.1) is 0 Å². The van der Waals surface area contributed by atoms with Crippen molar-refractivity contribution in [2.75, 3.05) is 14.2 Å². The zero-order valence-corrected chi connectivity index (χ0v) is 10.7. The highest BCUT2D eigenvalue weighted by molar-refractivity contribution is 6.05. The third-order valence-electron chi connectivity index (χ3n) is 3.30. The van der Waals surface area contributed by atoms with Gasteiger partial charge in [0.05, 0.1) is 25.8 Å². The van der Waals surface area contributed by atoms with Gasteiger partial charge in [-0.05, 0) is 24.1 Å². The molecule has 0 aromatic heterocycles. The summed E-state index contributed by atoms with van der Waals surface area (Å²) in [6, 6.07) is 3.44. The Kier molecular flexibility index (Phi) is 3.59. The van der Waals surface area contributed by atoms with Gasteiger partial charge < -0.3 is 19.8 Å². The molecule has 2 rings (SSSR count). The third kappa shape index (κ3) is 2.33. The molecule has 0 saturated carbocycles. The van der Waals surface area contributed by atoms with E-state index < -0.39 is 11.9 Å². The van der Waals surface area contributed by atoms with Crippen LogP contribution in [0.15, 0.2) is 17.3 Å². The van der Waals surface area contributed by atoms with Crippen LogP contribution >= 0.6 is 0 Å². The van der Waals surface area contributed by atoms with Gasteiger partial charge in [0.15, 0.2) is 11.5 Å². The standard InChI is InChI=1S/C13H15NO5/c1-18-11-5-7-3-8(13(15)16)4-10(14-17)9(7)6-12(11)19-2/h5-6,8,17H,3-4H2,1-2H3,(H,15,16)/b14-10-. The molecule has 1 unspecified atom stereocenters. The second-order valence-corrected chi connectivity index (χ2v) is 4.35. The Morgan fingerprint density at radius 2 is 1.89 bits per heavy atom. The highest BCUT2D eigenvalue weighted by Gasteiger charge is 2.30. The summed E-state index contributed by atoms with van der Waals surface area (Å²) in [5.74, 6) is -0.432. The van der Waals surface area contributed by atoms with E-state index in [-0.39, 0.29) is 6.42 Å². The number of nitrogens with zero attached hydrogens (tertiary/aromatic N) is 1. The number of carboxylic acids is 1. The first-order chi connectivity index (χ1) is 9.10. The number of oxime groups is 1. The van der Waals surface area contributed by atoms with E-state index in [0.29, 0.717) is 29.2 Å². The normalized spacial score (nSPS) is 19.9. The first-order valence-electron chi connectivity index (χ1n) is 5.79. The zero-order chi connectivity index (χ0) is 14.0. The van der Waals surface area contributed by atoms with Crippen LogP contribution in [0.4, 0.5) is 0 Å². The van der Waals surface area contributed by atoms with Crippen molar-refractivity contribution in [3.8, 4) is 11.5 Å². The van der Waals surface area contributed by atoms with Gasteiger partial charge in [-0.2, -0.15) is 0 Å². The molecule has 1 aliphatic rings. The van der Waals surface area contributed by atoms with Gasteiger partial charge >= 0.3 is 5.97 Å². The van der Waals surface area contributed by atoms with Crippen LogP contribution in [0.2, 0.25) is 0 Å². The second kappa shape index (κ2) is 5.17. The highest BCUT2D eigenvalue weighted by atomic mass is 16.5. The Hall–Kier alpha value is -2.24. The first kappa shape index (κ1) is 13.2. The van der Waals surface area contributed by atoms with E-state index in [1.54, 1.807) is 12.1 Å². The lowest BCUT2D eigenvalue weighted by Gasteiger charge is -2.23. The minimum atomic E-state index is -0.901. The number of hydrogen-bond acceptors (Lipinski definition) is 5. The van der Waals surface area contributed by atoms with Gasteiger partial charge in [0.25, 0.3) is 0 Å². The number of fused-ring (bicyclic) bond motifs is 1. The maximum atomic E-state index is 11.1. The van der Waals surface area contributed by atoms with Gasteiger partial charge in [-0.25, -0.2) is 0 Å². The summed E-state index contributed by atoms with van der Waals surface area (Å²) in [4.78, 5) is 11.1. The average Bonchev–Trinajstić information content (AvgIpc) is 2.44. The molecular formula is C13H15NO5. The number of rotatable bonds is 3. The van der Waals surface area contributed by atoms with E-state index in [1.807, 2.05) is 0 Å². The Labute approximate surface area is 110 Å². The topological polar surface area (TPSA) is 88.4 Å². The minimum absolute atomic E-state index is 0.203. The van der Waals surface area contributed by atoms with E-state index >= 15 is 0 Å². The molecule has 19 heavy (non-hydrogen) atoms. The maximum Gasteiger partial charge on any atom is 0.307 e. The molecule has 1 aliphatic carbocycles. The van der Waals surface area contributed by atoms with Crippen LogP contribution in [0.5, 0.6) is 11.5 Å². The van der Waals surface area contributed by atoms with E-state index in [4.69, 9.17) is 19.8 Å². The van der Waals surface area contributed by atoms with Gasteiger partial charge in [0.2, 0.25) is 0 Å². The largest absolute Gasteiger partial charge is 0.493 e. The molecule has 1 aromatic carbocycles. The van der Waals surface area contributed by atoms with Crippen molar-refractivity contribution < 1.29 is 24.6 Å². The molecule has 0 aliphatic heterocycles. The average molecular weight is 265 g/mol. The molecule has 0 spiro atoms. The molecule has 0 amide bonds. The third-order valence-corrected chi connectivity index (χ3v) is 3.30. The number of aliphatic carboxylic acids is 1. The summed E-state index contributed by atoms with van der Waals surface area (Å²) in [6.07, 6.45) is 0.582. The van der Waals surface area contributed by atoms with Crippen LogP contribution in [0.3, 0.4) is 0 Å². The van der Waals surface area contributed by atoms with Crippen LogP contribution in [0.1, 0.15) is 17.5 Å². The summed E-state index contributed by atoms with van der Waals surface area (Å²) in [7, 11) is 3.03. The predicted molar refractivity (Wildman–Crippen MR) is 67.3 cm³/mol. The smallest absolute Gasteiger partial charge is 0.307 e. The fourth-order valence-corrected chi connectivity index (χ4v) is 2.31. The van der Waals surface area contributed by atoms with E-state index in [2.05, 4.69) is 5.16 Å². The van der Waals surface area contributed by atoms with Crippen molar-refractivity contribution in [1.82, 2.24) is 0 Å².